The van der Waals surface area contributed by atoms with Crippen LogP contribution in [0.5, 0.6) is 0 Å². The number of nitrogens with one attached hydrogen (secondary N) is 1. The van der Waals surface area contributed by atoms with Gasteiger partial charge in [-0.05, 0) is 35.9 Å². The number of nitrogens with zero attached hydrogens (tertiary/aromatic N) is 2. The molecule has 0 fully saturated rings. The topological polar surface area (TPSA) is 88.9 Å². The lowest BCUT2D eigenvalue weighted by Crippen LogP contribution is -2.11. The summed E-state index contributed by atoms with van der Waals surface area (Å²) in [6.07, 6.45) is 3.28. The molecule has 1 heterocycles. The third-order valence-electron chi connectivity index (χ3n) is 3.16. The van der Waals surface area contributed by atoms with Crippen LogP contribution in [0.15, 0.2) is 53.3 Å². The molecule has 0 atom stereocenters. The Morgan fingerprint density at radius 3 is 2.50 bits per heavy atom. The van der Waals surface area contributed by atoms with Gasteiger partial charge < -0.3 is 4.98 Å². The third-order valence-corrected chi connectivity index (χ3v) is 3.16. The van der Waals surface area contributed by atoms with Crippen molar-refractivity contribution in [3.63, 3.8) is 0 Å². The number of rotatable bonds is 3. The molecule has 6 heteroatoms. The molecule has 3 aromatic rings. The minimum absolute atomic E-state index is 0.0267. The summed E-state index contributed by atoms with van der Waals surface area (Å²) in [5, 5.41) is 10.6. The fourth-order valence-electron chi connectivity index (χ4n) is 2.04. The van der Waals surface area contributed by atoms with Gasteiger partial charge in [0, 0.05) is 12.1 Å². The predicted octanol–water partition coefficient (Wildman–Crippen LogP) is 3.00. The van der Waals surface area contributed by atoms with E-state index >= 15 is 0 Å². The van der Waals surface area contributed by atoms with E-state index < -0.39 is 4.92 Å². The van der Waals surface area contributed by atoms with Gasteiger partial charge in [-0.25, -0.2) is 4.98 Å². The van der Waals surface area contributed by atoms with Gasteiger partial charge in [-0.1, -0.05) is 18.2 Å². The lowest BCUT2D eigenvalue weighted by atomic mass is 10.2. The van der Waals surface area contributed by atoms with Crippen molar-refractivity contribution >= 4 is 28.9 Å². The maximum absolute atomic E-state index is 11.9. The second-order valence-electron chi connectivity index (χ2n) is 4.65. The zero-order valence-electron chi connectivity index (χ0n) is 11.4. The van der Waals surface area contributed by atoms with E-state index in [1.807, 2.05) is 18.2 Å². The molecule has 0 saturated heterocycles. The Bertz CT molecular complexity index is 927. The highest BCUT2D eigenvalue weighted by Gasteiger charge is 2.03. The first kappa shape index (κ1) is 13.7. The van der Waals surface area contributed by atoms with Crippen molar-refractivity contribution < 1.29 is 4.92 Å². The first-order valence-electron chi connectivity index (χ1n) is 6.55. The number of non-ortho nitro benzene ring substituents is 1. The molecule has 0 aliphatic heterocycles. The molecular formula is C16H11N3O3. The van der Waals surface area contributed by atoms with E-state index in [1.54, 1.807) is 30.4 Å². The van der Waals surface area contributed by atoms with Crippen molar-refractivity contribution in [3.05, 3.63) is 80.3 Å². The molecule has 0 bridgehead atoms. The summed E-state index contributed by atoms with van der Waals surface area (Å²) >= 11 is 0. The molecule has 0 radical (unpaired) electrons. The van der Waals surface area contributed by atoms with Gasteiger partial charge in [-0.2, -0.15) is 0 Å². The van der Waals surface area contributed by atoms with Crippen LogP contribution in [0.1, 0.15) is 11.3 Å². The van der Waals surface area contributed by atoms with Gasteiger partial charge in [-0.3, -0.25) is 14.9 Å². The Kier molecular flexibility index (Phi) is 3.49. The summed E-state index contributed by atoms with van der Waals surface area (Å²) in [5.74, 6) is 0. The number of fused-ring (bicyclic) bond motifs is 1. The zero-order valence-corrected chi connectivity index (χ0v) is 11.4. The van der Waals surface area contributed by atoms with Crippen LogP contribution in [0.25, 0.3) is 23.2 Å². The van der Waals surface area contributed by atoms with Crippen molar-refractivity contribution in [2.24, 2.45) is 0 Å². The largest absolute Gasteiger partial charge is 0.319 e. The maximum Gasteiger partial charge on any atom is 0.274 e. The SMILES string of the molecule is O=c1[nH]c2ccccc2nc1/C=C/c1ccc([N+](=O)[O-])cc1. The van der Waals surface area contributed by atoms with Crippen LogP contribution in [-0.2, 0) is 0 Å². The lowest BCUT2D eigenvalue weighted by Gasteiger charge is -1.98. The monoisotopic (exact) mass is 293 g/mol. The first-order valence-corrected chi connectivity index (χ1v) is 6.55. The van der Waals surface area contributed by atoms with Gasteiger partial charge in [-0.15, -0.1) is 0 Å². The number of aromatic nitrogens is 2. The Morgan fingerprint density at radius 1 is 1.05 bits per heavy atom. The Labute approximate surface area is 124 Å². The molecule has 6 nitrogen and oxygen atoms in total. The van der Waals surface area contributed by atoms with Crippen molar-refractivity contribution in [3.8, 4) is 0 Å². The molecule has 0 saturated carbocycles. The zero-order chi connectivity index (χ0) is 15.5. The van der Waals surface area contributed by atoms with Crippen LogP contribution >= 0.6 is 0 Å². The molecule has 0 aliphatic rings. The van der Waals surface area contributed by atoms with E-state index in [1.165, 1.54) is 12.1 Å². The van der Waals surface area contributed by atoms with Gasteiger partial charge >= 0.3 is 0 Å². The van der Waals surface area contributed by atoms with Crippen molar-refractivity contribution in [1.82, 2.24) is 9.97 Å². The van der Waals surface area contributed by atoms with E-state index in [2.05, 4.69) is 9.97 Å². The first-order chi connectivity index (χ1) is 10.6. The van der Waals surface area contributed by atoms with Crippen LogP contribution < -0.4 is 5.56 Å². The summed E-state index contributed by atoms with van der Waals surface area (Å²) in [6, 6.07) is 13.3. The van der Waals surface area contributed by atoms with Crippen LogP contribution in [-0.4, -0.2) is 14.9 Å². The van der Waals surface area contributed by atoms with Gasteiger partial charge in [0.05, 0.1) is 16.0 Å². The van der Waals surface area contributed by atoms with E-state index in [-0.39, 0.29) is 16.9 Å². The van der Waals surface area contributed by atoms with Crippen LogP contribution in [0.2, 0.25) is 0 Å². The Hall–Kier alpha value is -3.28. The molecule has 108 valence electrons. The van der Waals surface area contributed by atoms with Crippen molar-refractivity contribution in [2.75, 3.05) is 0 Å². The normalized spacial score (nSPS) is 11.1. The van der Waals surface area contributed by atoms with E-state index in [0.717, 1.165) is 5.56 Å². The van der Waals surface area contributed by atoms with Crippen LogP contribution in [0.3, 0.4) is 0 Å². The second-order valence-corrected chi connectivity index (χ2v) is 4.65. The highest BCUT2D eigenvalue weighted by atomic mass is 16.6. The number of hydrogen-bond donors (Lipinski definition) is 1. The fraction of sp³-hybridized carbons (Fsp3) is 0. The molecule has 3 rings (SSSR count). The van der Waals surface area contributed by atoms with Gasteiger partial charge in [0.1, 0.15) is 5.69 Å². The fourth-order valence-corrected chi connectivity index (χ4v) is 2.04. The summed E-state index contributed by atoms with van der Waals surface area (Å²) < 4.78 is 0. The summed E-state index contributed by atoms with van der Waals surface area (Å²) in [4.78, 5) is 29.1. The van der Waals surface area contributed by atoms with Crippen LogP contribution in [0, 0.1) is 10.1 Å². The van der Waals surface area contributed by atoms with E-state index in [9.17, 15) is 14.9 Å². The van der Waals surface area contributed by atoms with Gasteiger partial charge in [0.2, 0.25) is 0 Å². The lowest BCUT2D eigenvalue weighted by molar-refractivity contribution is -0.384. The summed E-state index contributed by atoms with van der Waals surface area (Å²) in [7, 11) is 0. The van der Waals surface area contributed by atoms with Gasteiger partial charge in [0.25, 0.3) is 11.2 Å². The smallest absolute Gasteiger partial charge is 0.274 e. The molecular weight excluding hydrogens is 282 g/mol. The maximum atomic E-state index is 11.9. The number of para-hydroxylation sites is 2. The number of hydrogen-bond acceptors (Lipinski definition) is 4. The standard InChI is InChI=1S/C16H11N3O3/c20-16-15(17-13-3-1-2-4-14(13)18-16)10-7-11-5-8-12(9-6-11)19(21)22/h1-10H,(H,18,20)/b10-7+. The summed E-state index contributed by atoms with van der Waals surface area (Å²) in [6.45, 7) is 0. The second kappa shape index (κ2) is 5.61. The highest BCUT2D eigenvalue weighted by molar-refractivity contribution is 5.76. The molecule has 22 heavy (non-hydrogen) atoms. The minimum atomic E-state index is -0.455. The molecule has 0 amide bonds. The van der Waals surface area contributed by atoms with Crippen molar-refractivity contribution in [1.29, 1.82) is 0 Å². The number of H-pyrrole nitrogens is 1. The molecule has 1 N–H and O–H groups in total. The molecule has 0 spiro atoms. The van der Waals surface area contributed by atoms with E-state index in [4.69, 9.17) is 0 Å². The summed E-state index contributed by atoms with van der Waals surface area (Å²) in [5.41, 5.74) is 2.16. The number of nitro groups is 1. The molecule has 0 unspecified atom stereocenters. The number of benzene rings is 2. The van der Waals surface area contributed by atoms with Crippen molar-refractivity contribution in [2.45, 2.75) is 0 Å². The van der Waals surface area contributed by atoms with E-state index in [0.29, 0.717) is 11.0 Å². The third kappa shape index (κ3) is 2.76. The number of aromatic amines is 1. The quantitative estimate of drug-likeness (QED) is 0.593. The average molecular weight is 293 g/mol. The van der Waals surface area contributed by atoms with Crippen LogP contribution in [0.4, 0.5) is 5.69 Å². The molecule has 2 aromatic carbocycles. The minimum Gasteiger partial charge on any atom is -0.319 e. The van der Waals surface area contributed by atoms with Gasteiger partial charge in [0.15, 0.2) is 0 Å². The number of nitro benzene ring substituents is 1. The molecule has 1 aromatic heterocycles. The molecule has 0 aliphatic carbocycles. The average Bonchev–Trinajstić information content (AvgIpc) is 2.53. The Morgan fingerprint density at radius 2 is 1.77 bits per heavy atom. The Balaban J connectivity index is 1.93. The predicted molar refractivity (Wildman–Crippen MR) is 84.4 cm³/mol. The highest BCUT2D eigenvalue weighted by Crippen LogP contribution is 2.14.